The Balaban J connectivity index is 1.73. The first-order chi connectivity index (χ1) is 10.6. The minimum Gasteiger partial charge on any atom is -0.360 e. The zero-order valence-corrected chi connectivity index (χ0v) is 13.2. The van der Waals surface area contributed by atoms with Crippen LogP contribution in [0.5, 0.6) is 0 Å². The van der Waals surface area contributed by atoms with Crippen LogP contribution >= 0.6 is 0 Å². The van der Waals surface area contributed by atoms with Crippen molar-refractivity contribution in [1.82, 2.24) is 10.1 Å². The highest BCUT2D eigenvalue weighted by molar-refractivity contribution is 5.92. The Morgan fingerprint density at radius 2 is 2.14 bits per heavy atom. The van der Waals surface area contributed by atoms with Crippen molar-refractivity contribution in [2.75, 3.05) is 6.54 Å². The second kappa shape index (κ2) is 6.34. The molecule has 0 saturated carbocycles. The average Bonchev–Trinajstić information content (AvgIpc) is 3.17. The van der Waals surface area contributed by atoms with Gasteiger partial charge in [0.25, 0.3) is 5.91 Å². The van der Waals surface area contributed by atoms with Gasteiger partial charge in [0.2, 0.25) is 0 Å². The lowest BCUT2D eigenvalue weighted by molar-refractivity contribution is 0.0726. The number of aromatic nitrogens is 1. The maximum Gasteiger partial charge on any atom is 0.276 e. The van der Waals surface area contributed by atoms with E-state index >= 15 is 0 Å². The van der Waals surface area contributed by atoms with E-state index in [1.807, 2.05) is 36.9 Å². The summed E-state index contributed by atoms with van der Waals surface area (Å²) >= 11 is 0. The molecule has 0 N–H and O–H groups in total. The van der Waals surface area contributed by atoms with Gasteiger partial charge in [-0.3, -0.25) is 4.79 Å². The highest BCUT2D eigenvalue weighted by Crippen LogP contribution is 2.24. The fourth-order valence-corrected chi connectivity index (χ4v) is 3.01. The SMILES string of the molecule is CC(C)c1cc(C(=O)N2CCC[C@@H]2Cc2ccccc2)no1. The van der Waals surface area contributed by atoms with Gasteiger partial charge < -0.3 is 9.42 Å². The first kappa shape index (κ1) is 14.8. The van der Waals surface area contributed by atoms with Crippen molar-refractivity contribution in [2.45, 2.75) is 45.1 Å². The van der Waals surface area contributed by atoms with Gasteiger partial charge in [-0.1, -0.05) is 49.3 Å². The predicted molar refractivity (Wildman–Crippen MR) is 84.8 cm³/mol. The fourth-order valence-electron chi connectivity index (χ4n) is 3.01. The first-order valence-corrected chi connectivity index (χ1v) is 7.96. The van der Waals surface area contributed by atoms with E-state index in [1.165, 1.54) is 5.56 Å². The first-order valence-electron chi connectivity index (χ1n) is 7.96. The van der Waals surface area contributed by atoms with Gasteiger partial charge in [0.05, 0.1) is 0 Å². The van der Waals surface area contributed by atoms with Crippen LogP contribution in [0.3, 0.4) is 0 Å². The summed E-state index contributed by atoms with van der Waals surface area (Å²) < 4.78 is 5.26. The third-order valence-electron chi connectivity index (χ3n) is 4.27. The van der Waals surface area contributed by atoms with Gasteiger partial charge >= 0.3 is 0 Å². The van der Waals surface area contributed by atoms with E-state index in [2.05, 4.69) is 17.3 Å². The lowest BCUT2D eigenvalue weighted by Crippen LogP contribution is -2.37. The lowest BCUT2D eigenvalue weighted by atomic mass is 10.0. The number of hydrogen-bond donors (Lipinski definition) is 0. The Bertz CT molecular complexity index is 634. The van der Waals surface area contributed by atoms with Crippen LogP contribution in [-0.4, -0.2) is 28.6 Å². The van der Waals surface area contributed by atoms with E-state index in [4.69, 9.17) is 4.52 Å². The summed E-state index contributed by atoms with van der Waals surface area (Å²) in [6.07, 6.45) is 3.01. The molecule has 3 rings (SSSR count). The van der Waals surface area contributed by atoms with Crippen molar-refractivity contribution in [3.8, 4) is 0 Å². The summed E-state index contributed by atoms with van der Waals surface area (Å²) in [5.74, 6) is 1.00. The summed E-state index contributed by atoms with van der Waals surface area (Å²) in [5.41, 5.74) is 1.71. The van der Waals surface area contributed by atoms with E-state index in [9.17, 15) is 4.79 Å². The minimum absolute atomic E-state index is 0.00548. The zero-order valence-electron chi connectivity index (χ0n) is 13.2. The number of carbonyl (C=O) groups excluding carboxylic acids is 1. The van der Waals surface area contributed by atoms with Gasteiger partial charge in [-0.05, 0) is 24.8 Å². The van der Waals surface area contributed by atoms with Crippen molar-refractivity contribution in [2.24, 2.45) is 0 Å². The third-order valence-corrected chi connectivity index (χ3v) is 4.27. The topological polar surface area (TPSA) is 46.3 Å². The van der Waals surface area contributed by atoms with Gasteiger partial charge in [-0.25, -0.2) is 0 Å². The smallest absolute Gasteiger partial charge is 0.276 e. The van der Waals surface area contributed by atoms with Crippen LogP contribution in [0.25, 0.3) is 0 Å². The zero-order chi connectivity index (χ0) is 15.5. The van der Waals surface area contributed by atoms with E-state index < -0.39 is 0 Å². The summed E-state index contributed by atoms with van der Waals surface area (Å²) in [4.78, 5) is 14.6. The highest BCUT2D eigenvalue weighted by atomic mass is 16.5. The molecule has 1 aliphatic heterocycles. The molecule has 1 amide bonds. The monoisotopic (exact) mass is 298 g/mol. The molecule has 1 aromatic heterocycles. The molecule has 2 aromatic rings. The Hall–Kier alpha value is -2.10. The molecule has 1 fully saturated rings. The molecular formula is C18H22N2O2. The van der Waals surface area contributed by atoms with Gasteiger partial charge in [0, 0.05) is 24.6 Å². The molecule has 0 bridgehead atoms. The predicted octanol–water partition coefficient (Wildman–Crippen LogP) is 3.65. The number of hydrogen-bond acceptors (Lipinski definition) is 3. The Kier molecular flexibility index (Phi) is 4.27. The molecule has 116 valence electrons. The van der Waals surface area contributed by atoms with Crippen LogP contribution in [0.15, 0.2) is 40.9 Å². The molecule has 1 aromatic carbocycles. The van der Waals surface area contributed by atoms with Crippen molar-refractivity contribution >= 4 is 5.91 Å². The van der Waals surface area contributed by atoms with Crippen LogP contribution in [0, 0.1) is 0 Å². The quantitative estimate of drug-likeness (QED) is 0.865. The van der Waals surface area contributed by atoms with E-state index in [0.29, 0.717) is 5.69 Å². The molecule has 4 heteroatoms. The summed E-state index contributed by atoms with van der Waals surface area (Å²) in [6.45, 7) is 4.87. The van der Waals surface area contributed by atoms with Crippen LogP contribution in [0.1, 0.15) is 54.4 Å². The molecule has 0 radical (unpaired) electrons. The number of benzene rings is 1. The molecule has 2 heterocycles. The normalized spacial score (nSPS) is 18.1. The summed E-state index contributed by atoms with van der Waals surface area (Å²) in [5, 5.41) is 3.96. The van der Waals surface area contributed by atoms with Gasteiger partial charge in [0.15, 0.2) is 5.69 Å². The van der Waals surface area contributed by atoms with E-state index in [0.717, 1.165) is 31.6 Å². The van der Waals surface area contributed by atoms with Gasteiger partial charge in [0.1, 0.15) is 5.76 Å². The molecule has 1 atom stereocenters. The van der Waals surface area contributed by atoms with Gasteiger partial charge in [-0.2, -0.15) is 0 Å². The van der Waals surface area contributed by atoms with Crippen molar-refractivity contribution in [1.29, 1.82) is 0 Å². The number of rotatable bonds is 4. The van der Waals surface area contributed by atoms with E-state index in [1.54, 1.807) is 6.07 Å². The Labute approximate surface area is 131 Å². The van der Waals surface area contributed by atoms with Crippen LogP contribution < -0.4 is 0 Å². The summed E-state index contributed by atoms with van der Waals surface area (Å²) in [7, 11) is 0. The molecule has 4 nitrogen and oxygen atoms in total. The standard InChI is InChI=1S/C18H22N2O2/c1-13(2)17-12-16(19-22-17)18(21)20-10-6-9-15(20)11-14-7-4-3-5-8-14/h3-5,7-8,12-13,15H,6,9-11H2,1-2H3/t15-/m1/s1. The molecule has 22 heavy (non-hydrogen) atoms. The number of amides is 1. The fraction of sp³-hybridized carbons (Fsp3) is 0.444. The van der Waals surface area contributed by atoms with Gasteiger partial charge in [-0.15, -0.1) is 0 Å². The molecule has 1 aliphatic rings. The van der Waals surface area contributed by atoms with Crippen LogP contribution in [0.4, 0.5) is 0 Å². The van der Waals surface area contributed by atoms with Crippen molar-refractivity contribution in [3.05, 3.63) is 53.4 Å². The largest absolute Gasteiger partial charge is 0.360 e. The third kappa shape index (κ3) is 3.06. The Morgan fingerprint density at radius 1 is 1.36 bits per heavy atom. The van der Waals surface area contributed by atoms with Crippen molar-refractivity contribution < 1.29 is 9.32 Å². The maximum atomic E-state index is 12.7. The van der Waals surface area contributed by atoms with E-state index in [-0.39, 0.29) is 17.9 Å². The van der Waals surface area contributed by atoms with Crippen LogP contribution in [0.2, 0.25) is 0 Å². The molecule has 0 aliphatic carbocycles. The molecule has 0 spiro atoms. The number of carbonyl (C=O) groups is 1. The maximum absolute atomic E-state index is 12.7. The number of nitrogens with zero attached hydrogens (tertiary/aromatic N) is 2. The summed E-state index contributed by atoms with van der Waals surface area (Å²) in [6, 6.07) is 12.4. The molecular weight excluding hydrogens is 276 g/mol. The Morgan fingerprint density at radius 3 is 2.82 bits per heavy atom. The highest BCUT2D eigenvalue weighted by Gasteiger charge is 2.31. The second-order valence-corrected chi connectivity index (χ2v) is 6.25. The molecule has 0 unspecified atom stereocenters. The van der Waals surface area contributed by atoms with Crippen LogP contribution in [-0.2, 0) is 6.42 Å². The average molecular weight is 298 g/mol. The lowest BCUT2D eigenvalue weighted by Gasteiger charge is -2.23. The minimum atomic E-state index is -0.00548. The second-order valence-electron chi connectivity index (χ2n) is 6.25. The van der Waals surface area contributed by atoms with Crippen molar-refractivity contribution in [3.63, 3.8) is 0 Å². The number of likely N-dealkylation sites (tertiary alicyclic amines) is 1. The molecule has 1 saturated heterocycles.